The Morgan fingerprint density at radius 2 is 2.25 bits per heavy atom. The summed E-state index contributed by atoms with van der Waals surface area (Å²) in [4.78, 5) is 13.3. The fraction of sp³-hybridized carbons (Fsp3) is 0.462. The minimum atomic E-state index is -0.818. The van der Waals surface area contributed by atoms with E-state index in [0.29, 0.717) is 11.5 Å². The highest BCUT2D eigenvalue weighted by molar-refractivity contribution is 5.89. The lowest BCUT2D eigenvalue weighted by atomic mass is 9.95. The van der Waals surface area contributed by atoms with Gasteiger partial charge in [0.25, 0.3) is 0 Å². The van der Waals surface area contributed by atoms with E-state index < -0.39 is 5.97 Å². The monoisotopic (exact) mass is 219 g/mol. The van der Waals surface area contributed by atoms with Crippen LogP contribution in [0, 0.1) is 5.92 Å². The molecule has 0 aromatic heterocycles. The van der Waals surface area contributed by atoms with E-state index in [1.807, 2.05) is 12.1 Å². The number of carboxylic acids is 1. The molecule has 0 amide bonds. The number of benzene rings is 1. The van der Waals surface area contributed by atoms with Gasteiger partial charge in [-0.05, 0) is 44.0 Å². The number of nitrogens with zero attached hydrogens (tertiary/aromatic N) is 1. The highest BCUT2D eigenvalue weighted by Gasteiger charge is 2.21. The first-order chi connectivity index (χ1) is 7.66. The van der Waals surface area contributed by atoms with Gasteiger partial charge >= 0.3 is 5.97 Å². The van der Waals surface area contributed by atoms with Gasteiger partial charge in [-0.1, -0.05) is 18.2 Å². The molecule has 16 heavy (non-hydrogen) atoms. The predicted molar refractivity (Wildman–Crippen MR) is 62.7 cm³/mol. The normalized spacial score (nSPS) is 21.2. The summed E-state index contributed by atoms with van der Waals surface area (Å²) in [5.74, 6) is -0.215. The fourth-order valence-electron chi connectivity index (χ4n) is 2.41. The molecular weight excluding hydrogens is 202 g/mol. The van der Waals surface area contributed by atoms with Gasteiger partial charge in [0.05, 0.1) is 5.56 Å². The van der Waals surface area contributed by atoms with Gasteiger partial charge in [-0.2, -0.15) is 0 Å². The Morgan fingerprint density at radius 3 is 2.88 bits per heavy atom. The van der Waals surface area contributed by atoms with Crippen LogP contribution in [-0.4, -0.2) is 36.1 Å². The second-order valence-electron chi connectivity index (χ2n) is 4.58. The zero-order valence-corrected chi connectivity index (χ0v) is 9.52. The van der Waals surface area contributed by atoms with Crippen molar-refractivity contribution in [3.05, 3.63) is 35.4 Å². The standard InChI is InChI=1S/C13H17NO2/c1-14-7-6-10(9-14)8-11-4-2-3-5-12(11)13(15)16/h2-5,10H,6-9H2,1H3,(H,15,16). The molecule has 1 atom stereocenters. The van der Waals surface area contributed by atoms with Crippen LogP contribution in [0.1, 0.15) is 22.3 Å². The summed E-state index contributed by atoms with van der Waals surface area (Å²) < 4.78 is 0. The van der Waals surface area contributed by atoms with E-state index in [1.165, 1.54) is 6.42 Å². The summed E-state index contributed by atoms with van der Waals surface area (Å²) in [7, 11) is 2.11. The van der Waals surface area contributed by atoms with Crippen molar-refractivity contribution < 1.29 is 9.90 Å². The molecule has 1 fully saturated rings. The number of aromatic carboxylic acids is 1. The molecule has 1 unspecified atom stereocenters. The van der Waals surface area contributed by atoms with E-state index in [-0.39, 0.29) is 0 Å². The molecule has 0 saturated carbocycles. The van der Waals surface area contributed by atoms with Gasteiger partial charge in [0.2, 0.25) is 0 Å². The molecule has 0 bridgehead atoms. The molecule has 1 aromatic rings. The quantitative estimate of drug-likeness (QED) is 0.843. The van der Waals surface area contributed by atoms with Crippen LogP contribution in [0.3, 0.4) is 0 Å². The van der Waals surface area contributed by atoms with Gasteiger partial charge in [-0.3, -0.25) is 0 Å². The van der Waals surface area contributed by atoms with Gasteiger partial charge < -0.3 is 10.0 Å². The fourth-order valence-corrected chi connectivity index (χ4v) is 2.41. The van der Waals surface area contributed by atoms with Crippen LogP contribution in [0.25, 0.3) is 0 Å². The molecule has 1 aromatic carbocycles. The van der Waals surface area contributed by atoms with Crippen molar-refractivity contribution in [1.29, 1.82) is 0 Å². The lowest BCUT2D eigenvalue weighted by Gasteiger charge is -2.12. The van der Waals surface area contributed by atoms with Crippen molar-refractivity contribution in [2.24, 2.45) is 5.92 Å². The summed E-state index contributed by atoms with van der Waals surface area (Å²) >= 11 is 0. The van der Waals surface area contributed by atoms with Gasteiger partial charge in [-0.25, -0.2) is 4.79 Å². The molecule has 3 heteroatoms. The van der Waals surface area contributed by atoms with E-state index in [4.69, 9.17) is 5.11 Å². The summed E-state index contributed by atoms with van der Waals surface area (Å²) in [6, 6.07) is 7.33. The second-order valence-corrected chi connectivity index (χ2v) is 4.58. The third kappa shape index (κ3) is 2.42. The molecule has 0 aliphatic carbocycles. The Hall–Kier alpha value is -1.35. The number of carbonyl (C=O) groups is 1. The first-order valence-corrected chi connectivity index (χ1v) is 5.66. The molecule has 1 aliphatic heterocycles. The van der Waals surface area contributed by atoms with Gasteiger partial charge in [0.1, 0.15) is 0 Å². The number of likely N-dealkylation sites (tertiary alicyclic amines) is 1. The van der Waals surface area contributed by atoms with Crippen LogP contribution in [0.5, 0.6) is 0 Å². The van der Waals surface area contributed by atoms with Crippen molar-refractivity contribution in [1.82, 2.24) is 4.90 Å². The SMILES string of the molecule is CN1CCC(Cc2ccccc2C(=O)O)C1. The highest BCUT2D eigenvalue weighted by atomic mass is 16.4. The summed E-state index contributed by atoms with van der Waals surface area (Å²) in [5, 5.41) is 9.08. The minimum absolute atomic E-state index is 0.456. The minimum Gasteiger partial charge on any atom is -0.478 e. The Balaban J connectivity index is 2.12. The third-order valence-electron chi connectivity index (χ3n) is 3.25. The molecule has 1 aliphatic rings. The third-order valence-corrected chi connectivity index (χ3v) is 3.25. The van der Waals surface area contributed by atoms with Gasteiger partial charge in [0.15, 0.2) is 0 Å². The molecule has 1 N–H and O–H groups in total. The van der Waals surface area contributed by atoms with E-state index in [0.717, 1.165) is 25.1 Å². The summed E-state index contributed by atoms with van der Waals surface area (Å²) in [6.45, 7) is 2.20. The molecule has 0 spiro atoms. The van der Waals surface area contributed by atoms with Crippen LogP contribution in [0.4, 0.5) is 0 Å². The lowest BCUT2D eigenvalue weighted by Crippen LogP contribution is -2.15. The van der Waals surface area contributed by atoms with Crippen molar-refractivity contribution in [3.8, 4) is 0 Å². The van der Waals surface area contributed by atoms with E-state index in [1.54, 1.807) is 12.1 Å². The number of rotatable bonds is 3. The average molecular weight is 219 g/mol. The Bertz CT molecular complexity index is 389. The molecule has 86 valence electrons. The van der Waals surface area contributed by atoms with E-state index in [2.05, 4.69) is 11.9 Å². The van der Waals surface area contributed by atoms with Crippen molar-refractivity contribution in [2.75, 3.05) is 20.1 Å². The van der Waals surface area contributed by atoms with E-state index >= 15 is 0 Å². The Kier molecular flexibility index (Phi) is 3.25. The molecule has 0 radical (unpaired) electrons. The first-order valence-electron chi connectivity index (χ1n) is 5.66. The maximum absolute atomic E-state index is 11.0. The smallest absolute Gasteiger partial charge is 0.335 e. The molecule has 3 nitrogen and oxygen atoms in total. The van der Waals surface area contributed by atoms with Crippen molar-refractivity contribution in [2.45, 2.75) is 12.8 Å². The average Bonchev–Trinajstić information content (AvgIpc) is 2.64. The maximum atomic E-state index is 11.0. The topological polar surface area (TPSA) is 40.5 Å². The zero-order valence-electron chi connectivity index (χ0n) is 9.52. The van der Waals surface area contributed by atoms with Crippen LogP contribution in [0.15, 0.2) is 24.3 Å². The first kappa shape index (κ1) is 11.1. The maximum Gasteiger partial charge on any atom is 0.335 e. The number of carboxylic acid groups (broad SMARTS) is 1. The molecular formula is C13H17NO2. The molecule has 1 heterocycles. The van der Waals surface area contributed by atoms with Gasteiger partial charge in [0, 0.05) is 6.54 Å². The van der Waals surface area contributed by atoms with Gasteiger partial charge in [-0.15, -0.1) is 0 Å². The van der Waals surface area contributed by atoms with Crippen molar-refractivity contribution >= 4 is 5.97 Å². The van der Waals surface area contributed by atoms with Crippen molar-refractivity contribution in [3.63, 3.8) is 0 Å². The molecule has 1 saturated heterocycles. The number of hydrogen-bond acceptors (Lipinski definition) is 2. The largest absolute Gasteiger partial charge is 0.478 e. The summed E-state index contributed by atoms with van der Waals surface area (Å²) in [5.41, 5.74) is 1.42. The van der Waals surface area contributed by atoms with Crippen LogP contribution >= 0.6 is 0 Å². The lowest BCUT2D eigenvalue weighted by molar-refractivity contribution is 0.0695. The van der Waals surface area contributed by atoms with E-state index in [9.17, 15) is 4.79 Å². The summed E-state index contributed by atoms with van der Waals surface area (Å²) in [6.07, 6.45) is 2.05. The Labute approximate surface area is 95.7 Å². The second kappa shape index (κ2) is 4.66. The van der Waals surface area contributed by atoms with Crippen LogP contribution in [-0.2, 0) is 6.42 Å². The van der Waals surface area contributed by atoms with Crippen LogP contribution in [0.2, 0.25) is 0 Å². The number of hydrogen-bond donors (Lipinski definition) is 1. The predicted octanol–water partition coefficient (Wildman–Crippen LogP) is 1.88. The van der Waals surface area contributed by atoms with Crippen LogP contribution < -0.4 is 0 Å². The highest BCUT2D eigenvalue weighted by Crippen LogP contribution is 2.21. The Morgan fingerprint density at radius 1 is 1.50 bits per heavy atom. The molecule has 2 rings (SSSR count). The zero-order chi connectivity index (χ0) is 11.5.